The number of nitrogens with one attached hydrogen (secondary N) is 2. The van der Waals surface area contributed by atoms with Crippen LogP contribution in [-0.2, 0) is 0 Å². The molecule has 0 saturated heterocycles. The number of benzene rings is 1. The Morgan fingerprint density at radius 3 is 2.21 bits per heavy atom. The largest absolute Gasteiger partial charge is 0.413 e. The Balaban J connectivity index is 2.44. The molecule has 0 aliphatic carbocycles. The number of hydrogen-bond donors (Lipinski definition) is 2. The molecule has 128 valence electrons. The van der Waals surface area contributed by atoms with E-state index < -0.39 is 46.4 Å². The molecule has 1 aromatic heterocycles. The number of rotatable bonds is 3. The molecule has 0 saturated carbocycles. The molecule has 1 heterocycles. The maximum absolute atomic E-state index is 13.7. The minimum absolute atomic E-state index is 0.393. The lowest BCUT2D eigenvalue weighted by atomic mass is 10.0. The van der Waals surface area contributed by atoms with Crippen LogP contribution in [0.3, 0.4) is 0 Å². The first kappa shape index (κ1) is 17.6. The zero-order chi connectivity index (χ0) is 18.1. The highest BCUT2D eigenvalue weighted by Crippen LogP contribution is 2.35. The maximum atomic E-state index is 13.7. The minimum atomic E-state index is -5.17. The molecule has 0 radical (unpaired) electrons. The molecule has 4 nitrogen and oxygen atoms in total. The van der Waals surface area contributed by atoms with Crippen LogP contribution in [-0.4, -0.2) is 17.1 Å². The Kier molecular flexibility index (Phi) is 4.72. The van der Waals surface area contributed by atoms with Gasteiger partial charge in [0.25, 0.3) is 11.5 Å². The minimum Gasteiger partial charge on any atom is -0.336 e. The second kappa shape index (κ2) is 6.42. The van der Waals surface area contributed by atoms with Crippen molar-refractivity contribution in [2.45, 2.75) is 19.1 Å². The predicted octanol–water partition coefficient (Wildman–Crippen LogP) is 2.99. The Hall–Kier alpha value is -2.71. The normalized spacial score (nSPS) is 12.8. The summed E-state index contributed by atoms with van der Waals surface area (Å²) < 4.78 is 66.8. The van der Waals surface area contributed by atoms with E-state index in [0.29, 0.717) is 17.8 Å². The fourth-order valence-corrected chi connectivity index (χ4v) is 2.06. The third-order valence-corrected chi connectivity index (χ3v) is 3.19. The van der Waals surface area contributed by atoms with Crippen LogP contribution in [0.1, 0.15) is 27.7 Å². The maximum Gasteiger partial charge on any atom is 0.413 e. The summed E-state index contributed by atoms with van der Waals surface area (Å²) in [6.45, 7) is 1.51. The number of carbonyl (C=O) groups excluding carboxylic acids is 1. The summed E-state index contributed by atoms with van der Waals surface area (Å²) in [5, 5.41) is 1.47. The van der Waals surface area contributed by atoms with E-state index in [9.17, 15) is 31.5 Å². The Labute approximate surface area is 132 Å². The smallest absolute Gasteiger partial charge is 0.336 e. The first-order valence-corrected chi connectivity index (χ1v) is 6.62. The van der Waals surface area contributed by atoms with Crippen molar-refractivity contribution in [3.05, 3.63) is 69.1 Å². The van der Waals surface area contributed by atoms with Gasteiger partial charge in [0, 0.05) is 5.69 Å². The highest BCUT2D eigenvalue weighted by molar-refractivity contribution is 5.94. The van der Waals surface area contributed by atoms with Gasteiger partial charge < -0.3 is 10.3 Å². The lowest BCUT2D eigenvalue weighted by Gasteiger charge is -2.22. The molecule has 2 aromatic rings. The number of pyridine rings is 1. The average molecular weight is 346 g/mol. The summed E-state index contributed by atoms with van der Waals surface area (Å²) in [6.07, 6.45) is -5.17. The number of H-pyrrole nitrogens is 1. The second-order valence-corrected chi connectivity index (χ2v) is 4.97. The third kappa shape index (κ3) is 3.61. The van der Waals surface area contributed by atoms with Crippen LogP contribution in [0.5, 0.6) is 0 Å². The van der Waals surface area contributed by atoms with E-state index in [4.69, 9.17) is 0 Å². The molecular weight excluding hydrogens is 335 g/mol. The van der Waals surface area contributed by atoms with Gasteiger partial charge in [-0.05, 0) is 31.2 Å². The lowest BCUT2D eigenvalue weighted by Crippen LogP contribution is -2.41. The summed E-state index contributed by atoms with van der Waals surface area (Å²) in [4.78, 5) is 25.8. The zero-order valence-electron chi connectivity index (χ0n) is 12.2. The molecule has 0 aliphatic heterocycles. The number of halogens is 5. The summed E-state index contributed by atoms with van der Waals surface area (Å²) in [5.74, 6) is -4.33. The molecule has 0 bridgehead atoms. The van der Waals surface area contributed by atoms with Crippen LogP contribution in [0.2, 0.25) is 0 Å². The van der Waals surface area contributed by atoms with E-state index in [1.165, 1.54) is 18.3 Å². The standard InChI is InChI=1S/C15H11F5N2O2/c1-7-5-6-8(13(23)21-7)14(24)22-12(15(18,19)20)11-9(16)3-2-4-10(11)17/h2-6,12H,1H3,(H,21,23)(H,22,24). The van der Waals surface area contributed by atoms with E-state index in [2.05, 4.69) is 4.98 Å². The van der Waals surface area contributed by atoms with E-state index in [-0.39, 0.29) is 0 Å². The van der Waals surface area contributed by atoms with Gasteiger partial charge in [0.15, 0.2) is 6.04 Å². The summed E-state index contributed by atoms with van der Waals surface area (Å²) >= 11 is 0. The topological polar surface area (TPSA) is 62.0 Å². The van der Waals surface area contributed by atoms with Crippen LogP contribution in [0.4, 0.5) is 22.0 Å². The molecule has 2 N–H and O–H groups in total. The number of aryl methyl sites for hydroxylation is 1. The Bertz CT molecular complexity index is 809. The van der Waals surface area contributed by atoms with Crippen molar-refractivity contribution in [3.63, 3.8) is 0 Å². The van der Waals surface area contributed by atoms with E-state index >= 15 is 0 Å². The van der Waals surface area contributed by atoms with Gasteiger partial charge in [0.2, 0.25) is 0 Å². The second-order valence-electron chi connectivity index (χ2n) is 4.97. The van der Waals surface area contributed by atoms with Crippen molar-refractivity contribution in [2.24, 2.45) is 0 Å². The van der Waals surface area contributed by atoms with Crippen LogP contribution in [0.15, 0.2) is 35.1 Å². The van der Waals surface area contributed by atoms with Crippen molar-refractivity contribution in [3.8, 4) is 0 Å². The number of hydrogen-bond acceptors (Lipinski definition) is 2. The molecule has 1 aromatic carbocycles. The molecule has 2 rings (SSSR count). The molecule has 0 fully saturated rings. The van der Waals surface area contributed by atoms with Crippen molar-refractivity contribution < 1.29 is 26.7 Å². The van der Waals surface area contributed by atoms with Crippen LogP contribution >= 0.6 is 0 Å². The van der Waals surface area contributed by atoms with Crippen molar-refractivity contribution >= 4 is 5.91 Å². The van der Waals surface area contributed by atoms with E-state index in [1.54, 1.807) is 0 Å². The molecular formula is C15H11F5N2O2. The van der Waals surface area contributed by atoms with Gasteiger partial charge in [-0.2, -0.15) is 13.2 Å². The molecule has 24 heavy (non-hydrogen) atoms. The fourth-order valence-electron chi connectivity index (χ4n) is 2.06. The van der Waals surface area contributed by atoms with Gasteiger partial charge in [-0.3, -0.25) is 9.59 Å². The fraction of sp³-hybridized carbons (Fsp3) is 0.200. The third-order valence-electron chi connectivity index (χ3n) is 3.19. The summed E-state index contributed by atoms with van der Waals surface area (Å²) in [7, 11) is 0. The van der Waals surface area contributed by atoms with Crippen LogP contribution < -0.4 is 10.9 Å². The quantitative estimate of drug-likeness (QED) is 0.840. The SMILES string of the molecule is Cc1ccc(C(=O)NC(c2c(F)cccc2F)C(F)(F)F)c(=O)[nH]1. The summed E-state index contributed by atoms with van der Waals surface area (Å²) in [5.41, 5.74) is -2.47. The molecule has 1 amide bonds. The van der Waals surface area contributed by atoms with E-state index in [0.717, 1.165) is 12.1 Å². The number of aromatic nitrogens is 1. The molecule has 1 atom stereocenters. The van der Waals surface area contributed by atoms with Gasteiger partial charge in [-0.25, -0.2) is 8.78 Å². The number of amides is 1. The Morgan fingerprint density at radius 2 is 1.71 bits per heavy atom. The Morgan fingerprint density at radius 1 is 1.12 bits per heavy atom. The first-order chi connectivity index (χ1) is 11.1. The highest BCUT2D eigenvalue weighted by Gasteiger charge is 2.45. The average Bonchev–Trinajstić information content (AvgIpc) is 2.44. The highest BCUT2D eigenvalue weighted by atomic mass is 19.4. The lowest BCUT2D eigenvalue weighted by molar-refractivity contribution is -0.156. The molecule has 1 unspecified atom stereocenters. The predicted molar refractivity (Wildman–Crippen MR) is 74.4 cm³/mol. The first-order valence-electron chi connectivity index (χ1n) is 6.62. The van der Waals surface area contributed by atoms with Gasteiger partial charge in [0.05, 0.1) is 5.56 Å². The van der Waals surface area contributed by atoms with Crippen molar-refractivity contribution in [1.82, 2.24) is 10.3 Å². The van der Waals surface area contributed by atoms with Gasteiger partial charge in [0.1, 0.15) is 17.2 Å². The summed E-state index contributed by atoms with van der Waals surface area (Å²) in [6, 6.07) is 1.57. The van der Waals surface area contributed by atoms with Crippen LogP contribution in [0.25, 0.3) is 0 Å². The molecule has 9 heteroatoms. The van der Waals surface area contributed by atoms with Gasteiger partial charge >= 0.3 is 6.18 Å². The van der Waals surface area contributed by atoms with Gasteiger partial charge in [-0.15, -0.1) is 0 Å². The molecule has 0 spiro atoms. The van der Waals surface area contributed by atoms with Crippen molar-refractivity contribution in [1.29, 1.82) is 0 Å². The number of aromatic amines is 1. The number of alkyl halides is 3. The number of carbonyl (C=O) groups is 1. The van der Waals surface area contributed by atoms with E-state index in [1.807, 2.05) is 0 Å². The molecule has 0 aliphatic rings. The van der Waals surface area contributed by atoms with Gasteiger partial charge in [-0.1, -0.05) is 6.07 Å². The van der Waals surface area contributed by atoms with Crippen LogP contribution in [0, 0.1) is 18.6 Å². The zero-order valence-corrected chi connectivity index (χ0v) is 12.2. The monoisotopic (exact) mass is 346 g/mol. The van der Waals surface area contributed by atoms with Crippen molar-refractivity contribution in [2.75, 3.05) is 0 Å².